The molecule has 1 amide bonds. The van der Waals surface area contributed by atoms with E-state index in [1.807, 2.05) is 32.0 Å². The number of carbonyl (C=O) groups excluding carboxylic acids is 2. The molecule has 1 heterocycles. The van der Waals surface area contributed by atoms with Gasteiger partial charge in [-0.05, 0) is 44.4 Å². The van der Waals surface area contributed by atoms with Crippen LogP contribution in [0.15, 0.2) is 36.4 Å². The van der Waals surface area contributed by atoms with Gasteiger partial charge in [-0.1, -0.05) is 47.0 Å². The summed E-state index contributed by atoms with van der Waals surface area (Å²) >= 11 is 12.0. The van der Waals surface area contributed by atoms with E-state index in [0.717, 1.165) is 16.7 Å². The fourth-order valence-corrected chi connectivity index (χ4v) is 3.85. The summed E-state index contributed by atoms with van der Waals surface area (Å²) in [6, 6.07) is 10.8. The van der Waals surface area contributed by atoms with E-state index in [9.17, 15) is 9.59 Å². The van der Waals surface area contributed by atoms with Crippen molar-refractivity contribution in [3.05, 3.63) is 63.1 Å². The number of benzene rings is 2. The van der Waals surface area contributed by atoms with Crippen LogP contribution in [0, 0.1) is 19.8 Å². The summed E-state index contributed by atoms with van der Waals surface area (Å²) < 4.78 is 5.53. The van der Waals surface area contributed by atoms with Gasteiger partial charge in [-0.3, -0.25) is 9.59 Å². The molecule has 1 aliphatic heterocycles. The van der Waals surface area contributed by atoms with Gasteiger partial charge in [-0.15, -0.1) is 0 Å². The van der Waals surface area contributed by atoms with Crippen molar-refractivity contribution < 1.29 is 14.3 Å². The quantitative estimate of drug-likeness (QED) is 0.632. The van der Waals surface area contributed by atoms with E-state index in [1.54, 1.807) is 23.1 Å². The van der Waals surface area contributed by atoms with E-state index in [-0.39, 0.29) is 24.2 Å². The summed E-state index contributed by atoms with van der Waals surface area (Å²) in [6.45, 7) is 4.98. The van der Waals surface area contributed by atoms with Gasteiger partial charge < -0.3 is 9.64 Å². The summed E-state index contributed by atoms with van der Waals surface area (Å²) in [7, 11) is 0. The van der Waals surface area contributed by atoms with Crippen LogP contribution < -0.4 is 4.74 Å². The number of amides is 1. The molecule has 0 bridgehead atoms. The molecular weight excluding hydrogens is 397 g/mol. The van der Waals surface area contributed by atoms with Crippen molar-refractivity contribution in [2.24, 2.45) is 5.92 Å². The maximum Gasteiger partial charge on any atom is 0.260 e. The lowest BCUT2D eigenvalue weighted by molar-refractivity contribution is -0.134. The summed E-state index contributed by atoms with van der Waals surface area (Å²) in [5, 5.41) is 0.910. The van der Waals surface area contributed by atoms with Crippen molar-refractivity contribution in [2.75, 3.05) is 19.7 Å². The van der Waals surface area contributed by atoms with Crippen molar-refractivity contribution >= 4 is 34.9 Å². The Morgan fingerprint density at radius 2 is 1.79 bits per heavy atom. The molecule has 0 aliphatic carbocycles. The lowest BCUT2D eigenvalue weighted by atomic mass is 9.87. The molecule has 6 heteroatoms. The second-order valence-corrected chi connectivity index (χ2v) is 8.04. The minimum Gasteiger partial charge on any atom is -0.482 e. The van der Waals surface area contributed by atoms with Crippen molar-refractivity contribution in [1.82, 2.24) is 4.90 Å². The molecule has 2 aromatic carbocycles. The van der Waals surface area contributed by atoms with Crippen molar-refractivity contribution in [3.8, 4) is 5.75 Å². The highest BCUT2D eigenvalue weighted by atomic mass is 35.5. The molecule has 1 fully saturated rings. The van der Waals surface area contributed by atoms with E-state index in [4.69, 9.17) is 27.9 Å². The molecule has 4 nitrogen and oxygen atoms in total. The predicted octanol–water partition coefficient (Wildman–Crippen LogP) is 5.11. The number of carbonyl (C=O) groups is 2. The number of hydrogen-bond donors (Lipinski definition) is 0. The fourth-order valence-electron chi connectivity index (χ4n) is 3.52. The number of Topliss-reactive ketones (excluding diaryl/α,β-unsaturated/α-hetero) is 1. The highest BCUT2D eigenvalue weighted by Crippen LogP contribution is 2.28. The number of nitrogens with zero attached hydrogens (tertiary/aromatic N) is 1. The second kappa shape index (κ2) is 8.97. The zero-order valence-corrected chi connectivity index (χ0v) is 17.5. The average molecular weight is 420 g/mol. The number of piperidine rings is 1. The van der Waals surface area contributed by atoms with Gasteiger partial charge in [-0.25, -0.2) is 0 Å². The highest BCUT2D eigenvalue weighted by molar-refractivity contribution is 6.34. The van der Waals surface area contributed by atoms with E-state index in [2.05, 4.69) is 0 Å². The van der Waals surface area contributed by atoms with Crippen LogP contribution in [0.25, 0.3) is 0 Å². The van der Waals surface area contributed by atoms with Gasteiger partial charge in [0.25, 0.3) is 5.91 Å². The Balaban J connectivity index is 1.53. The van der Waals surface area contributed by atoms with Gasteiger partial charge in [0, 0.05) is 35.7 Å². The van der Waals surface area contributed by atoms with Crippen LogP contribution in [0.5, 0.6) is 5.75 Å². The first-order valence-corrected chi connectivity index (χ1v) is 10.1. The standard InChI is InChI=1S/C22H23Cl2NO3/c1-14-3-5-18(15(2)11-14)22(27)16-7-9-25(10-8-16)21(26)13-28-20-12-17(23)4-6-19(20)24/h3-6,11-12,16H,7-10,13H2,1-2H3. The third-order valence-corrected chi connectivity index (χ3v) is 5.66. The number of ether oxygens (including phenoxy) is 1. The molecule has 3 rings (SSSR count). The molecule has 1 saturated heterocycles. The Labute approximate surface area is 175 Å². The summed E-state index contributed by atoms with van der Waals surface area (Å²) in [5.41, 5.74) is 2.94. The van der Waals surface area contributed by atoms with Crippen LogP contribution in [0.3, 0.4) is 0 Å². The van der Waals surface area contributed by atoms with E-state index < -0.39 is 0 Å². The average Bonchev–Trinajstić information content (AvgIpc) is 2.68. The molecule has 0 radical (unpaired) electrons. The predicted molar refractivity (Wildman–Crippen MR) is 112 cm³/mol. The lowest BCUT2D eigenvalue weighted by Gasteiger charge is -2.31. The molecule has 0 aromatic heterocycles. The summed E-state index contributed by atoms with van der Waals surface area (Å²) in [5.74, 6) is 0.399. The Hall–Kier alpha value is -2.04. The van der Waals surface area contributed by atoms with Crippen LogP contribution in [-0.4, -0.2) is 36.3 Å². The van der Waals surface area contributed by atoms with Crippen LogP contribution in [0.4, 0.5) is 0 Å². The Morgan fingerprint density at radius 1 is 1.07 bits per heavy atom. The monoisotopic (exact) mass is 419 g/mol. The lowest BCUT2D eigenvalue weighted by Crippen LogP contribution is -2.42. The summed E-state index contributed by atoms with van der Waals surface area (Å²) in [6.07, 6.45) is 1.33. The summed E-state index contributed by atoms with van der Waals surface area (Å²) in [4.78, 5) is 27.0. The Kier molecular flexibility index (Phi) is 6.63. The third kappa shape index (κ3) is 4.86. The largest absolute Gasteiger partial charge is 0.482 e. The number of halogens is 2. The normalized spacial score (nSPS) is 14.8. The van der Waals surface area contributed by atoms with Gasteiger partial charge >= 0.3 is 0 Å². The fraction of sp³-hybridized carbons (Fsp3) is 0.364. The van der Waals surface area contributed by atoms with Gasteiger partial charge in [0.15, 0.2) is 12.4 Å². The zero-order chi connectivity index (χ0) is 20.3. The first kappa shape index (κ1) is 20.7. The van der Waals surface area contributed by atoms with Crippen LogP contribution in [-0.2, 0) is 4.79 Å². The van der Waals surface area contributed by atoms with Crippen LogP contribution >= 0.6 is 23.2 Å². The first-order chi connectivity index (χ1) is 13.3. The third-order valence-electron chi connectivity index (χ3n) is 5.11. The molecule has 0 saturated carbocycles. The maximum absolute atomic E-state index is 12.8. The van der Waals surface area contributed by atoms with Gasteiger partial charge in [0.2, 0.25) is 0 Å². The van der Waals surface area contributed by atoms with Gasteiger partial charge in [0.05, 0.1) is 5.02 Å². The van der Waals surface area contributed by atoms with Gasteiger partial charge in [-0.2, -0.15) is 0 Å². The smallest absolute Gasteiger partial charge is 0.260 e. The molecule has 0 N–H and O–H groups in total. The second-order valence-electron chi connectivity index (χ2n) is 7.20. The zero-order valence-electron chi connectivity index (χ0n) is 16.0. The van der Waals surface area contributed by atoms with E-state index in [1.165, 1.54) is 0 Å². The molecule has 28 heavy (non-hydrogen) atoms. The number of likely N-dealkylation sites (tertiary alicyclic amines) is 1. The number of aryl methyl sites for hydroxylation is 2. The molecule has 1 aliphatic rings. The highest BCUT2D eigenvalue weighted by Gasteiger charge is 2.28. The maximum atomic E-state index is 12.8. The number of rotatable bonds is 5. The Morgan fingerprint density at radius 3 is 2.46 bits per heavy atom. The van der Waals surface area contributed by atoms with Crippen LogP contribution in [0.2, 0.25) is 10.0 Å². The minimum atomic E-state index is -0.117. The van der Waals surface area contributed by atoms with Crippen LogP contribution in [0.1, 0.15) is 34.3 Å². The van der Waals surface area contributed by atoms with Crippen molar-refractivity contribution in [1.29, 1.82) is 0 Å². The van der Waals surface area contributed by atoms with Crippen molar-refractivity contribution in [2.45, 2.75) is 26.7 Å². The van der Waals surface area contributed by atoms with E-state index >= 15 is 0 Å². The SMILES string of the molecule is Cc1ccc(C(=O)C2CCN(C(=O)COc3cc(Cl)ccc3Cl)CC2)c(C)c1. The Bertz CT molecular complexity index is 889. The minimum absolute atomic E-state index is 0.0475. The topological polar surface area (TPSA) is 46.6 Å². The number of hydrogen-bond acceptors (Lipinski definition) is 3. The first-order valence-electron chi connectivity index (χ1n) is 9.32. The molecule has 0 unspecified atom stereocenters. The molecule has 148 valence electrons. The van der Waals surface area contributed by atoms with Crippen molar-refractivity contribution in [3.63, 3.8) is 0 Å². The van der Waals surface area contributed by atoms with Gasteiger partial charge in [0.1, 0.15) is 5.75 Å². The molecular formula is C22H23Cl2NO3. The molecule has 0 spiro atoms. The van der Waals surface area contributed by atoms with E-state index in [0.29, 0.717) is 41.7 Å². The molecule has 2 aromatic rings. The number of ketones is 1. The molecule has 0 atom stereocenters.